The molecule has 1 fully saturated rings. The minimum absolute atomic E-state index is 0.234. The summed E-state index contributed by atoms with van der Waals surface area (Å²) in [5.74, 6) is 0.489. The van der Waals surface area contributed by atoms with E-state index in [0.29, 0.717) is 31.1 Å². The zero-order chi connectivity index (χ0) is 22.3. The summed E-state index contributed by atoms with van der Waals surface area (Å²) in [6.07, 6.45) is 6.07. The monoisotopic (exact) mass is 432 g/mol. The topological polar surface area (TPSA) is 71.9 Å². The third-order valence-corrected chi connectivity index (χ3v) is 5.90. The molecule has 1 aliphatic heterocycles. The molecular formula is C26H28N2O4. The zero-order valence-corrected chi connectivity index (χ0v) is 18.2. The maximum absolute atomic E-state index is 12.0. The Morgan fingerprint density at radius 1 is 1.09 bits per heavy atom. The van der Waals surface area contributed by atoms with Gasteiger partial charge in [0.2, 0.25) is 0 Å². The molecule has 6 heteroatoms. The third-order valence-electron chi connectivity index (χ3n) is 5.90. The van der Waals surface area contributed by atoms with Crippen LogP contribution in [0.15, 0.2) is 73.1 Å². The van der Waals surface area contributed by atoms with Crippen molar-refractivity contribution in [2.24, 2.45) is 0 Å². The molecule has 166 valence electrons. The van der Waals surface area contributed by atoms with Gasteiger partial charge in [0.25, 0.3) is 0 Å². The van der Waals surface area contributed by atoms with Crippen molar-refractivity contribution >= 4 is 5.97 Å². The number of likely N-dealkylation sites (tertiary alicyclic amines) is 1. The fraction of sp³-hybridized carbons (Fsp3) is 0.308. The molecule has 1 aromatic heterocycles. The van der Waals surface area contributed by atoms with E-state index in [1.807, 2.05) is 66.9 Å². The molecule has 0 spiro atoms. The van der Waals surface area contributed by atoms with Crippen molar-refractivity contribution in [2.45, 2.75) is 38.0 Å². The molecule has 0 aliphatic carbocycles. The highest BCUT2D eigenvalue weighted by Crippen LogP contribution is 2.38. The number of methoxy groups -OCH3 is 1. The second-order valence-electron chi connectivity index (χ2n) is 7.96. The van der Waals surface area contributed by atoms with Gasteiger partial charge in [-0.15, -0.1) is 0 Å². The van der Waals surface area contributed by atoms with Gasteiger partial charge in [-0.05, 0) is 54.3 Å². The molecule has 2 heterocycles. The maximum Gasteiger partial charge on any atom is 0.320 e. The van der Waals surface area contributed by atoms with Crippen molar-refractivity contribution in [2.75, 3.05) is 13.7 Å². The number of nitrogens with zero attached hydrogens (tertiary/aromatic N) is 2. The van der Waals surface area contributed by atoms with Gasteiger partial charge in [0, 0.05) is 12.4 Å². The Balaban J connectivity index is 1.67. The van der Waals surface area contributed by atoms with Crippen LogP contribution in [0.4, 0.5) is 0 Å². The van der Waals surface area contributed by atoms with Gasteiger partial charge in [-0.2, -0.15) is 0 Å². The first kappa shape index (κ1) is 21.8. The number of benzene rings is 2. The minimum atomic E-state index is -0.784. The summed E-state index contributed by atoms with van der Waals surface area (Å²) in [5, 5.41) is 9.87. The molecule has 1 saturated heterocycles. The second kappa shape index (κ2) is 10.3. The first-order valence-electron chi connectivity index (χ1n) is 10.9. The van der Waals surface area contributed by atoms with Crippen LogP contribution in [0.3, 0.4) is 0 Å². The van der Waals surface area contributed by atoms with Crippen molar-refractivity contribution in [3.63, 3.8) is 0 Å². The number of hydrogen-bond donors (Lipinski definition) is 1. The molecule has 2 aromatic carbocycles. The molecule has 32 heavy (non-hydrogen) atoms. The van der Waals surface area contributed by atoms with E-state index in [0.717, 1.165) is 29.5 Å². The molecular weight excluding hydrogens is 404 g/mol. The molecule has 2 unspecified atom stereocenters. The highest BCUT2D eigenvalue weighted by Gasteiger charge is 2.35. The van der Waals surface area contributed by atoms with Crippen LogP contribution in [0.1, 0.15) is 42.0 Å². The summed E-state index contributed by atoms with van der Waals surface area (Å²) >= 11 is 0. The van der Waals surface area contributed by atoms with Crippen LogP contribution in [0.5, 0.6) is 11.5 Å². The Hall–Kier alpha value is -3.38. The van der Waals surface area contributed by atoms with E-state index < -0.39 is 12.0 Å². The van der Waals surface area contributed by atoms with Gasteiger partial charge in [-0.25, -0.2) is 0 Å². The fourth-order valence-electron chi connectivity index (χ4n) is 4.35. The van der Waals surface area contributed by atoms with Crippen LogP contribution in [-0.4, -0.2) is 40.7 Å². The molecule has 0 radical (unpaired) electrons. The lowest BCUT2D eigenvalue weighted by Crippen LogP contribution is -2.46. The lowest BCUT2D eigenvalue weighted by molar-refractivity contribution is -0.145. The number of carboxylic acids is 1. The summed E-state index contributed by atoms with van der Waals surface area (Å²) in [5.41, 5.74) is 2.99. The predicted molar refractivity (Wildman–Crippen MR) is 122 cm³/mol. The lowest BCUT2D eigenvalue weighted by atomic mass is 9.92. The number of carboxylic acid groups (broad SMARTS) is 1. The van der Waals surface area contributed by atoms with E-state index in [1.54, 1.807) is 13.3 Å². The van der Waals surface area contributed by atoms with Crippen LogP contribution in [-0.2, 0) is 11.4 Å². The molecule has 1 N–H and O–H groups in total. The summed E-state index contributed by atoms with van der Waals surface area (Å²) in [6, 6.07) is 18.9. The first-order valence-corrected chi connectivity index (χ1v) is 10.9. The summed E-state index contributed by atoms with van der Waals surface area (Å²) in [6.45, 7) is 1.15. The summed E-state index contributed by atoms with van der Waals surface area (Å²) in [7, 11) is 1.62. The SMILES string of the molecule is COc1cc(C(c2cccnc2)N2CCCCC2C(=O)O)ccc1OCc1ccccc1. The molecule has 0 bridgehead atoms. The molecule has 2 atom stereocenters. The minimum Gasteiger partial charge on any atom is -0.493 e. The van der Waals surface area contributed by atoms with Gasteiger partial charge in [-0.3, -0.25) is 14.7 Å². The van der Waals surface area contributed by atoms with Gasteiger partial charge in [0.1, 0.15) is 12.6 Å². The van der Waals surface area contributed by atoms with Crippen molar-refractivity contribution in [3.05, 3.63) is 89.7 Å². The van der Waals surface area contributed by atoms with Crippen LogP contribution >= 0.6 is 0 Å². The number of aliphatic carboxylic acids is 1. The molecule has 1 aliphatic rings. The van der Waals surface area contributed by atoms with E-state index in [4.69, 9.17) is 9.47 Å². The molecule has 3 aromatic rings. The highest BCUT2D eigenvalue weighted by atomic mass is 16.5. The Morgan fingerprint density at radius 3 is 2.66 bits per heavy atom. The number of hydrogen-bond acceptors (Lipinski definition) is 5. The highest BCUT2D eigenvalue weighted by molar-refractivity contribution is 5.73. The number of piperidine rings is 1. The third kappa shape index (κ3) is 4.92. The molecule has 6 nitrogen and oxygen atoms in total. The van der Waals surface area contributed by atoms with Crippen molar-refractivity contribution in [1.82, 2.24) is 9.88 Å². The van der Waals surface area contributed by atoms with Crippen LogP contribution in [0, 0.1) is 0 Å². The van der Waals surface area contributed by atoms with Gasteiger partial charge in [0.15, 0.2) is 11.5 Å². The number of carbonyl (C=O) groups is 1. The van der Waals surface area contributed by atoms with E-state index >= 15 is 0 Å². The van der Waals surface area contributed by atoms with E-state index in [2.05, 4.69) is 9.88 Å². The average molecular weight is 433 g/mol. The van der Waals surface area contributed by atoms with E-state index in [1.165, 1.54) is 0 Å². The maximum atomic E-state index is 12.0. The number of aromatic nitrogens is 1. The Kier molecular flexibility index (Phi) is 7.02. The standard InChI is InChI=1S/C26H28N2O4/c1-31-24-16-20(12-13-23(24)32-18-19-8-3-2-4-9-19)25(21-10-7-14-27-17-21)28-15-6-5-11-22(28)26(29)30/h2-4,7-10,12-14,16-17,22,25H,5-6,11,15,18H2,1H3,(H,29,30). The van der Waals surface area contributed by atoms with Gasteiger partial charge in [0.05, 0.1) is 13.2 Å². The Morgan fingerprint density at radius 2 is 1.94 bits per heavy atom. The molecule has 0 saturated carbocycles. The zero-order valence-electron chi connectivity index (χ0n) is 18.2. The quantitative estimate of drug-likeness (QED) is 0.556. The average Bonchev–Trinajstić information content (AvgIpc) is 2.85. The lowest BCUT2D eigenvalue weighted by Gasteiger charge is -2.39. The fourth-order valence-corrected chi connectivity index (χ4v) is 4.35. The van der Waals surface area contributed by atoms with Crippen LogP contribution < -0.4 is 9.47 Å². The van der Waals surface area contributed by atoms with Crippen molar-refractivity contribution in [1.29, 1.82) is 0 Å². The van der Waals surface area contributed by atoms with E-state index in [9.17, 15) is 9.90 Å². The normalized spacial score (nSPS) is 17.5. The second-order valence-corrected chi connectivity index (χ2v) is 7.96. The summed E-state index contributed by atoms with van der Waals surface area (Å²) in [4.78, 5) is 18.4. The van der Waals surface area contributed by atoms with Gasteiger partial charge in [-0.1, -0.05) is 48.9 Å². The smallest absolute Gasteiger partial charge is 0.320 e. The number of pyridine rings is 1. The van der Waals surface area contributed by atoms with Gasteiger partial charge >= 0.3 is 5.97 Å². The Labute approximate surface area is 188 Å². The van der Waals surface area contributed by atoms with Crippen molar-refractivity contribution in [3.8, 4) is 11.5 Å². The van der Waals surface area contributed by atoms with Crippen LogP contribution in [0.25, 0.3) is 0 Å². The summed E-state index contributed by atoms with van der Waals surface area (Å²) < 4.78 is 11.7. The number of ether oxygens (including phenoxy) is 2. The molecule has 4 rings (SSSR count). The van der Waals surface area contributed by atoms with Crippen LogP contribution in [0.2, 0.25) is 0 Å². The largest absolute Gasteiger partial charge is 0.493 e. The van der Waals surface area contributed by atoms with Gasteiger partial charge < -0.3 is 14.6 Å². The van der Waals surface area contributed by atoms with E-state index in [-0.39, 0.29) is 6.04 Å². The molecule has 0 amide bonds. The Bertz CT molecular complexity index is 1030. The van der Waals surface area contributed by atoms with Crippen molar-refractivity contribution < 1.29 is 19.4 Å². The predicted octanol–water partition coefficient (Wildman–Crippen LogP) is 4.70. The number of rotatable bonds is 8. The first-order chi connectivity index (χ1) is 15.7.